The summed E-state index contributed by atoms with van der Waals surface area (Å²) in [4.78, 5) is 28.9. The van der Waals surface area contributed by atoms with Crippen LogP contribution in [0.1, 0.15) is 23.6 Å². The Hall–Kier alpha value is -3.02. The molecular weight excluding hydrogens is 356 g/mol. The molecule has 0 aromatic heterocycles. The van der Waals surface area contributed by atoms with Gasteiger partial charge in [-0.15, -0.1) is 0 Å². The first-order valence-corrected chi connectivity index (χ1v) is 9.43. The minimum atomic E-state index is -0.463. The zero-order chi connectivity index (χ0) is 20.1. The van der Waals surface area contributed by atoms with Crippen molar-refractivity contribution in [1.29, 1.82) is 0 Å². The molecule has 1 heterocycles. The van der Waals surface area contributed by atoms with E-state index in [1.165, 1.54) is 0 Å². The fourth-order valence-corrected chi connectivity index (χ4v) is 3.46. The quantitative estimate of drug-likeness (QED) is 0.746. The van der Waals surface area contributed by atoms with Gasteiger partial charge in [0.25, 0.3) is 0 Å². The van der Waals surface area contributed by atoms with Crippen LogP contribution in [-0.4, -0.2) is 48.9 Å². The Balaban J connectivity index is 1.73. The minimum absolute atomic E-state index is 0.392. The van der Waals surface area contributed by atoms with Crippen molar-refractivity contribution in [1.82, 2.24) is 9.80 Å². The molecule has 2 amide bonds. The molecule has 0 saturated heterocycles. The van der Waals surface area contributed by atoms with Crippen LogP contribution in [0.25, 0.3) is 0 Å². The zero-order valence-electron chi connectivity index (χ0n) is 16.6. The third-order valence-electron chi connectivity index (χ3n) is 5.07. The standard InChI is InChI=1S/C22H26N2O4/c1-4-23(14-16-8-6-5-7-9-16)21(25)22(26)24-11-10-17-12-19(27-2)20(28-3)13-18(17)15-24/h5-9,12-13H,4,10-11,14-15H2,1-3H3. The number of amides is 2. The predicted octanol–water partition coefficient (Wildman–Crippen LogP) is 2.64. The molecule has 0 radical (unpaired) electrons. The van der Waals surface area contributed by atoms with E-state index in [1.54, 1.807) is 24.0 Å². The monoisotopic (exact) mass is 382 g/mol. The molecule has 28 heavy (non-hydrogen) atoms. The number of carbonyl (C=O) groups is 2. The maximum absolute atomic E-state index is 12.9. The third-order valence-corrected chi connectivity index (χ3v) is 5.07. The van der Waals surface area contributed by atoms with Gasteiger partial charge in [0.2, 0.25) is 0 Å². The summed E-state index contributed by atoms with van der Waals surface area (Å²) in [5.41, 5.74) is 3.10. The van der Waals surface area contributed by atoms with E-state index in [0.29, 0.717) is 44.1 Å². The van der Waals surface area contributed by atoms with Gasteiger partial charge in [-0.2, -0.15) is 0 Å². The number of methoxy groups -OCH3 is 2. The van der Waals surface area contributed by atoms with E-state index >= 15 is 0 Å². The van der Waals surface area contributed by atoms with Gasteiger partial charge in [-0.25, -0.2) is 0 Å². The summed E-state index contributed by atoms with van der Waals surface area (Å²) in [7, 11) is 3.19. The van der Waals surface area contributed by atoms with Gasteiger partial charge in [-0.1, -0.05) is 30.3 Å². The maximum atomic E-state index is 12.9. The van der Waals surface area contributed by atoms with Crippen molar-refractivity contribution in [3.8, 4) is 11.5 Å². The highest BCUT2D eigenvalue weighted by Crippen LogP contribution is 2.33. The van der Waals surface area contributed by atoms with E-state index in [1.807, 2.05) is 49.4 Å². The number of hydrogen-bond acceptors (Lipinski definition) is 4. The van der Waals surface area contributed by atoms with E-state index in [0.717, 1.165) is 16.7 Å². The van der Waals surface area contributed by atoms with Gasteiger partial charge in [0.05, 0.1) is 14.2 Å². The van der Waals surface area contributed by atoms with Crippen LogP contribution in [-0.2, 0) is 29.1 Å². The topological polar surface area (TPSA) is 59.1 Å². The number of nitrogens with zero attached hydrogens (tertiary/aromatic N) is 2. The molecule has 6 nitrogen and oxygen atoms in total. The second-order valence-electron chi connectivity index (χ2n) is 6.76. The lowest BCUT2D eigenvalue weighted by Gasteiger charge is -2.31. The first-order chi connectivity index (χ1) is 13.6. The number of benzene rings is 2. The summed E-state index contributed by atoms with van der Waals surface area (Å²) in [6.45, 7) is 3.70. The van der Waals surface area contributed by atoms with Crippen molar-refractivity contribution < 1.29 is 19.1 Å². The number of carbonyl (C=O) groups excluding carboxylic acids is 2. The molecule has 0 aliphatic carbocycles. The first kappa shape index (κ1) is 19.7. The second kappa shape index (κ2) is 8.78. The second-order valence-corrected chi connectivity index (χ2v) is 6.76. The summed E-state index contributed by atoms with van der Waals surface area (Å²) in [6.07, 6.45) is 0.680. The average molecular weight is 382 g/mol. The lowest BCUT2D eigenvalue weighted by molar-refractivity contribution is -0.152. The van der Waals surface area contributed by atoms with Gasteiger partial charge < -0.3 is 19.3 Å². The average Bonchev–Trinajstić information content (AvgIpc) is 2.75. The van der Waals surface area contributed by atoms with Crippen LogP contribution in [0.2, 0.25) is 0 Å². The maximum Gasteiger partial charge on any atom is 0.312 e. The molecule has 1 aliphatic rings. The molecule has 0 atom stereocenters. The highest BCUT2D eigenvalue weighted by Gasteiger charge is 2.29. The SMILES string of the molecule is CCN(Cc1ccccc1)C(=O)C(=O)N1CCc2cc(OC)c(OC)cc2C1. The molecule has 2 aromatic rings. The molecule has 3 rings (SSSR count). The molecule has 0 spiro atoms. The summed E-state index contributed by atoms with van der Waals surface area (Å²) < 4.78 is 10.7. The van der Waals surface area contributed by atoms with Crippen LogP contribution >= 0.6 is 0 Å². The fraction of sp³-hybridized carbons (Fsp3) is 0.364. The third kappa shape index (κ3) is 4.11. The Labute approximate surface area is 165 Å². The molecule has 0 saturated carbocycles. The lowest BCUT2D eigenvalue weighted by Crippen LogP contribution is -2.46. The molecule has 0 bridgehead atoms. The highest BCUT2D eigenvalue weighted by molar-refractivity contribution is 6.34. The van der Waals surface area contributed by atoms with Crippen LogP contribution in [0.4, 0.5) is 0 Å². The molecule has 148 valence electrons. The summed E-state index contributed by atoms with van der Waals surface area (Å²) in [5, 5.41) is 0. The predicted molar refractivity (Wildman–Crippen MR) is 106 cm³/mol. The molecule has 2 aromatic carbocycles. The number of fused-ring (bicyclic) bond motifs is 1. The van der Waals surface area contributed by atoms with Gasteiger partial charge in [-0.3, -0.25) is 9.59 Å². The normalized spacial score (nSPS) is 12.9. The van der Waals surface area contributed by atoms with E-state index in [4.69, 9.17) is 9.47 Å². The number of likely N-dealkylation sites (N-methyl/N-ethyl adjacent to an activating group) is 1. The van der Waals surface area contributed by atoms with Crippen molar-refractivity contribution in [2.75, 3.05) is 27.3 Å². The van der Waals surface area contributed by atoms with Crippen molar-refractivity contribution in [2.24, 2.45) is 0 Å². The highest BCUT2D eigenvalue weighted by atomic mass is 16.5. The summed E-state index contributed by atoms with van der Waals surface area (Å²) in [6, 6.07) is 13.5. The first-order valence-electron chi connectivity index (χ1n) is 9.43. The Morgan fingerprint density at radius 3 is 2.29 bits per heavy atom. The van der Waals surface area contributed by atoms with E-state index in [9.17, 15) is 9.59 Å². The number of ether oxygens (including phenoxy) is 2. The Bertz CT molecular complexity index is 851. The summed E-state index contributed by atoms with van der Waals surface area (Å²) in [5.74, 6) is 0.381. The Kier molecular flexibility index (Phi) is 6.19. The fourth-order valence-electron chi connectivity index (χ4n) is 3.46. The van der Waals surface area contributed by atoms with Gasteiger partial charge in [-0.05, 0) is 42.2 Å². The molecule has 1 aliphatic heterocycles. The van der Waals surface area contributed by atoms with Gasteiger partial charge in [0, 0.05) is 26.2 Å². The van der Waals surface area contributed by atoms with Crippen LogP contribution in [0.15, 0.2) is 42.5 Å². The van der Waals surface area contributed by atoms with Crippen LogP contribution in [0, 0.1) is 0 Å². The number of hydrogen-bond donors (Lipinski definition) is 0. The molecule has 0 fully saturated rings. The van der Waals surface area contributed by atoms with Crippen molar-refractivity contribution in [2.45, 2.75) is 26.4 Å². The Morgan fingerprint density at radius 2 is 1.68 bits per heavy atom. The van der Waals surface area contributed by atoms with Crippen molar-refractivity contribution >= 4 is 11.8 Å². The molecule has 6 heteroatoms. The summed E-state index contributed by atoms with van der Waals surface area (Å²) >= 11 is 0. The lowest BCUT2D eigenvalue weighted by atomic mass is 9.98. The molecule has 0 N–H and O–H groups in total. The van der Waals surface area contributed by atoms with E-state index in [2.05, 4.69) is 0 Å². The smallest absolute Gasteiger partial charge is 0.312 e. The Morgan fingerprint density at radius 1 is 1.04 bits per heavy atom. The molecule has 0 unspecified atom stereocenters. The largest absolute Gasteiger partial charge is 0.493 e. The van der Waals surface area contributed by atoms with Crippen molar-refractivity contribution in [3.63, 3.8) is 0 Å². The van der Waals surface area contributed by atoms with Gasteiger partial charge >= 0.3 is 11.8 Å². The van der Waals surface area contributed by atoms with Crippen LogP contribution in [0.3, 0.4) is 0 Å². The van der Waals surface area contributed by atoms with Gasteiger partial charge in [0.1, 0.15) is 0 Å². The van der Waals surface area contributed by atoms with Gasteiger partial charge in [0.15, 0.2) is 11.5 Å². The van der Waals surface area contributed by atoms with Crippen molar-refractivity contribution in [3.05, 3.63) is 59.2 Å². The molecular formula is C22H26N2O4. The van der Waals surface area contributed by atoms with E-state index in [-0.39, 0.29) is 0 Å². The van der Waals surface area contributed by atoms with Crippen LogP contribution < -0.4 is 9.47 Å². The minimum Gasteiger partial charge on any atom is -0.493 e. The van der Waals surface area contributed by atoms with Crippen LogP contribution in [0.5, 0.6) is 11.5 Å². The zero-order valence-corrected chi connectivity index (χ0v) is 16.6. The number of rotatable bonds is 5. The van der Waals surface area contributed by atoms with E-state index < -0.39 is 11.8 Å².